The second kappa shape index (κ2) is 5.63. The van der Waals surface area contributed by atoms with Gasteiger partial charge in [0.1, 0.15) is 5.69 Å². The molecule has 1 aliphatic rings. The van der Waals surface area contributed by atoms with Crippen molar-refractivity contribution in [3.63, 3.8) is 0 Å². The van der Waals surface area contributed by atoms with Crippen LogP contribution in [0.25, 0.3) is 0 Å². The molecular formula is C15H17N3OS. The number of hydrogen-bond acceptors (Lipinski definition) is 5. The molecule has 0 atom stereocenters. The van der Waals surface area contributed by atoms with Gasteiger partial charge in [-0.15, -0.1) is 11.3 Å². The highest BCUT2D eigenvalue weighted by Gasteiger charge is 2.20. The van der Waals surface area contributed by atoms with Gasteiger partial charge in [0, 0.05) is 44.2 Å². The second-order valence-corrected chi connectivity index (χ2v) is 5.72. The summed E-state index contributed by atoms with van der Waals surface area (Å²) < 4.78 is 0. The number of benzene rings is 1. The number of aromatic nitrogens is 1. The summed E-state index contributed by atoms with van der Waals surface area (Å²) in [4.78, 5) is 20.3. The number of thiazole rings is 1. The van der Waals surface area contributed by atoms with Crippen molar-refractivity contribution in [2.45, 2.75) is 6.92 Å². The number of rotatable bonds is 3. The molecule has 2 aromatic rings. The minimum atomic E-state index is 0.0374. The van der Waals surface area contributed by atoms with Gasteiger partial charge in [-0.2, -0.15) is 0 Å². The highest BCUT2D eigenvalue weighted by atomic mass is 32.1. The average molecular weight is 287 g/mol. The van der Waals surface area contributed by atoms with Crippen molar-refractivity contribution in [2.75, 3.05) is 36.0 Å². The molecule has 1 aromatic heterocycles. The fourth-order valence-electron chi connectivity index (χ4n) is 2.37. The summed E-state index contributed by atoms with van der Waals surface area (Å²) in [6, 6.07) is 10.5. The van der Waals surface area contributed by atoms with Crippen LogP contribution in [-0.4, -0.2) is 36.9 Å². The van der Waals surface area contributed by atoms with Crippen molar-refractivity contribution in [1.82, 2.24) is 4.98 Å². The Hall–Kier alpha value is -1.88. The van der Waals surface area contributed by atoms with E-state index < -0.39 is 0 Å². The Morgan fingerprint density at radius 3 is 2.35 bits per heavy atom. The number of para-hydroxylation sites is 1. The molecule has 1 fully saturated rings. The zero-order valence-electron chi connectivity index (χ0n) is 11.5. The van der Waals surface area contributed by atoms with Gasteiger partial charge in [0.2, 0.25) is 0 Å². The van der Waals surface area contributed by atoms with Crippen LogP contribution < -0.4 is 9.80 Å². The van der Waals surface area contributed by atoms with E-state index in [1.165, 1.54) is 5.69 Å². The third-order valence-electron chi connectivity index (χ3n) is 3.52. The summed E-state index contributed by atoms with van der Waals surface area (Å²) in [7, 11) is 0. The van der Waals surface area contributed by atoms with Crippen LogP contribution in [0, 0.1) is 0 Å². The Labute approximate surface area is 122 Å². The highest BCUT2D eigenvalue weighted by molar-refractivity contribution is 7.13. The fraction of sp³-hybridized carbons (Fsp3) is 0.333. The molecule has 1 aliphatic heterocycles. The first-order valence-electron chi connectivity index (χ1n) is 6.75. The van der Waals surface area contributed by atoms with Gasteiger partial charge in [-0.1, -0.05) is 18.2 Å². The zero-order valence-corrected chi connectivity index (χ0v) is 12.3. The van der Waals surface area contributed by atoms with E-state index in [-0.39, 0.29) is 5.78 Å². The van der Waals surface area contributed by atoms with E-state index in [2.05, 4.69) is 39.0 Å². The quantitative estimate of drug-likeness (QED) is 0.813. The zero-order chi connectivity index (χ0) is 13.9. The topological polar surface area (TPSA) is 36.4 Å². The minimum absolute atomic E-state index is 0.0374. The molecule has 104 valence electrons. The first-order valence-corrected chi connectivity index (χ1v) is 7.63. The van der Waals surface area contributed by atoms with Crippen LogP contribution in [0.1, 0.15) is 17.4 Å². The lowest BCUT2D eigenvalue weighted by Crippen LogP contribution is -2.46. The first kappa shape index (κ1) is 13.1. The molecule has 0 bridgehead atoms. The maximum atomic E-state index is 11.3. The molecular weight excluding hydrogens is 270 g/mol. The minimum Gasteiger partial charge on any atom is -0.368 e. The molecule has 0 saturated carbocycles. The molecule has 0 amide bonds. The van der Waals surface area contributed by atoms with Crippen LogP contribution in [0.2, 0.25) is 0 Å². The van der Waals surface area contributed by atoms with Crippen molar-refractivity contribution >= 4 is 27.9 Å². The molecule has 1 aromatic carbocycles. The molecule has 0 N–H and O–H groups in total. The molecule has 1 saturated heterocycles. The van der Waals surface area contributed by atoms with E-state index in [1.807, 2.05) is 11.4 Å². The Balaban J connectivity index is 1.65. The van der Waals surface area contributed by atoms with Crippen molar-refractivity contribution in [3.05, 3.63) is 41.4 Å². The molecule has 0 spiro atoms. The monoisotopic (exact) mass is 287 g/mol. The van der Waals surface area contributed by atoms with Crippen molar-refractivity contribution in [1.29, 1.82) is 0 Å². The summed E-state index contributed by atoms with van der Waals surface area (Å²) in [6.45, 7) is 5.42. The first-order chi connectivity index (χ1) is 9.74. The second-order valence-electron chi connectivity index (χ2n) is 4.88. The van der Waals surface area contributed by atoms with Gasteiger partial charge in [0.25, 0.3) is 0 Å². The predicted octanol–water partition coefficient (Wildman–Crippen LogP) is 2.67. The van der Waals surface area contributed by atoms with Gasteiger partial charge in [0.15, 0.2) is 10.9 Å². The summed E-state index contributed by atoms with van der Waals surface area (Å²) in [5, 5.41) is 2.81. The van der Waals surface area contributed by atoms with E-state index in [1.54, 1.807) is 18.3 Å². The lowest BCUT2D eigenvalue weighted by atomic mass is 10.2. The van der Waals surface area contributed by atoms with Crippen LogP contribution in [0.4, 0.5) is 10.8 Å². The van der Waals surface area contributed by atoms with Gasteiger partial charge < -0.3 is 9.80 Å². The number of Topliss-reactive ketones (excluding diaryl/α,β-unsaturated/α-hetero) is 1. The molecule has 4 nitrogen and oxygen atoms in total. The predicted molar refractivity (Wildman–Crippen MR) is 83.0 cm³/mol. The van der Waals surface area contributed by atoms with E-state index in [4.69, 9.17) is 0 Å². The SMILES string of the molecule is CC(=O)c1csc(N2CCN(c3ccccc3)CC2)n1. The largest absolute Gasteiger partial charge is 0.368 e. The Morgan fingerprint density at radius 1 is 1.10 bits per heavy atom. The van der Waals surface area contributed by atoms with Crippen molar-refractivity contribution in [3.8, 4) is 0 Å². The molecule has 3 rings (SSSR count). The van der Waals surface area contributed by atoms with Gasteiger partial charge in [0.05, 0.1) is 0 Å². The van der Waals surface area contributed by atoms with Gasteiger partial charge >= 0.3 is 0 Å². The smallest absolute Gasteiger partial charge is 0.186 e. The summed E-state index contributed by atoms with van der Waals surface area (Å²) in [6.07, 6.45) is 0. The molecule has 20 heavy (non-hydrogen) atoms. The molecule has 0 aliphatic carbocycles. The summed E-state index contributed by atoms with van der Waals surface area (Å²) in [5.41, 5.74) is 1.85. The molecule has 2 heterocycles. The van der Waals surface area contributed by atoms with E-state index in [0.717, 1.165) is 31.3 Å². The fourth-order valence-corrected chi connectivity index (χ4v) is 3.28. The summed E-state index contributed by atoms with van der Waals surface area (Å²) >= 11 is 1.56. The summed E-state index contributed by atoms with van der Waals surface area (Å²) in [5.74, 6) is 0.0374. The van der Waals surface area contributed by atoms with E-state index in [9.17, 15) is 4.79 Å². The van der Waals surface area contributed by atoms with E-state index in [0.29, 0.717) is 5.69 Å². The van der Waals surface area contributed by atoms with Crippen LogP contribution in [0.3, 0.4) is 0 Å². The number of carbonyl (C=O) groups excluding carboxylic acids is 1. The van der Waals surface area contributed by atoms with Crippen molar-refractivity contribution < 1.29 is 4.79 Å². The maximum Gasteiger partial charge on any atom is 0.186 e. The lowest BCUT2D eigenvalue weighted by molar-refractivity contribution is 0.101. The Kier molecular flexibility index (Phi) is 3.69. The maximum absolute atomic E-state index is 11.3. The number of anilines is 2. The number of carbonyl (C=O) groups is 1. The number of piperazine rings is 1. The van der Waals surface area contributed by atoms with E-state index >= 15 is 0 Å². The normalized spacial score (nSPS) is 15.4. The number of hydrogen-bond donors (Lipinski definition) is 0. The number of nitrogens with zero attached hydrogens (tertiary/aromatic N) is 3. The average Bonchev–Trinajstić information content (AvgIpc) is 2.98. The van der Waals surface area contributed by atoms with Crippen LogP contribution in [0.5, 0.6) is 0 Å². The van der Waals surface area contributed by atoms with Crippen molar-refractivity contribution in [2.24, 2.45) is 0 Å². The molecule has 5 heteroatoms. The van der Waals surface area contributed by atoms with Gasteiger partial charge in [-0.05, 0) is 12.1 Å². The highest BCUT2D eigenvalue weighted by Crippen LogP contribution is 2.23. The van der Waals surface area contributed by atoms with Gasteiger partial charge in [-0.25, -0.2) is 4.98 Å². The Morgan fingerprint density at radius 2 is 1.75 bits per heavy atom. The molecule has 0 radical (unpaired) electrons. The van der Waals surface area contributed by atoms with Crippen LogP contribution in [0.15, 0.2) is 35.7 Å². The third-order valence-corrected chi connectivity index (χ3v) is 4.43. The molecule has 0 unspecified atom stereocenters. The van der Waals surface area contributed by atoms with Gasteiger partial charge in [-0.3, -0.25) is 4.79 Å². The number of ketones is 1. The Bertz CT molecular complexity index is 588. The third kappa shape index (κ3) is 2.67. The standard InChI is InChI=1S/C15H17N3OS/c1-12(19)14-11-20-15(16-14)18-9-7-17(8-10-18)13-5-3-2-4-6-13/h2-6,11H,7-10H2,1H3. The lowest BCUT2D eigenvalue weighted by Gasteiger charge is -2.35. The van der Waals surface area contributed by atoms with Crippen LogP contribution in [-0.2, 0) is 0 Å². The van der Waals surface area contributed by atoms with Crippen LogP contribution >= 0.6 is 11.3 Å².